The SMILES string of the molecule is CC1(C)c2ccccc2-c2ccc(-c3ccc(-c4ccc5c(c4)C(C)(C)c4cccc6c4N5c4ccccc4C6(C)C)cc3)cc21. The molecule has 0 unspecified atom stereocenters. The highest BCUT2D eigenvalue weighted by Crippen LogP contribution is 2.60. The molecule has 224 valence electrons. The third-order valence-electron chi connectivity index (χ3n) is 11.5. The predicted octanol–water partition coefficient (Wildman–Crippen LogP) is 12.1. The highest BCUT2D eigenvalue weighted by molar-refractivity contribution is 5.93. The number of benzene rings is 6. The Morgan fingerprint density at radius 3 is 1.50 bits per heavy atom. The Kier molecular flexibility index (Phi) is 5.43. The van der Waals surface area contributed by atoms with Crippen molar-refractivity contribution in [2.24, 2.45) is 0 Å². The van der Waals surface area contributed by atoms with Gasteiger partial charge in [-0.05, 0) is 91.0 Å². The molecule has 1 aliphatic carbocycles. The van der Waals surface area contributed by atoms with Crippen LogP contribution in [0, 0.1) is 0 Å². The molecule has 0 saturated heterocycles. The summed E-state index contributed by atoms with van der Waals surface area (Å²) in [5.41, 5.74) is 19.9. The highest BCUT2D eigenvalue weighted by atomic mass is 15.2. The lowest BCUT2D eigenvalue weighted by Crippen LogP contribution is -2.38. The molecule has 0 radical (unpaired) electrons. The lowest BCUT2D eigenvalue weighted by atomic mass is 9.66. The minimum Gasteiger partial charge on any atom is -0.309 e. The highest BCUT2D eigenvalue weighted by Gasteiger charge is 2.45. The van der Waals surface area contributed by atoms with Gasteiger partial charge in [0, 0.05) is 16.2 Å². The van der Waals surface area contributed by atoms with Crippen LogP contribution in [0.4, 0.5) is 17.1 Å². The van der Waals surface area contributed by atoms with E-state index in [1.165, 1.54) is 83.8 Å². The summed E-state index contributed by atoms with van der Waals surface area (Å²) in [6.07, 6.45) is 0. The molecule has 6 aromatic carbocycles. The molecular weight excluding hydrogens is 555 g/mol. The summed E-state index contributed by atoms with van der Waals surface area (Å²) in [6.45, 7) is 14.2. The maximum absolute atomic E-state index is 2.53. The fourth-order valence-electron chi connectivity index (χ4n) is 8.80. The first kappa shape index (κ1) is 27.4. The van der Waals surface area contributed by atoms with E-state index in [9.17, 15) is 0 Å². The zero-order chi connectivity index (χ0) is 31.6. The van der Waals surface area contributed by atoms with Gasteiger partial charge in [0.25, 0.3) is 0 Å². The van der Waals surface area contributed by atoms with Crippen LogP contribution in [0.15, 0.2) is 127 Å². The summed E-state index contributed by atoms with van der Waals surface area (Å²) in [4.78, 5) is 2.53. The van der Waals surface area contributed by atoms with Gasteiger partial charge in [-0.1, -0.05) is 145 Å². The first-order valence-corrected chi connectivity index (χ1v) is 16.6. The smallest absolute Gasteiger partial charge is 0.0543 e. The molecule has 1 nitrogen and oxygen atoms in total. The van der Waals surface area contributed by atoms with Crippen molar-refractivity contribution in [3.63, 3.8) is 0 Å². The van der Waals surface area contributed by atoms with Crippen molar-refractivity contribution in [1.82, 2.24) is 0 Å². The van der Waals surface area contributed by atoms with Crippen LogP contribution in [-0.2, 0) is 16.2 Å². The third-order valence-corrected chi connectivity index (χ3v) is 11.5. The van der Waals surface area contributed by atoms with Gasteiger partial charge in [-0.15, -0.1) is 0 Å². The van der Waals surface area contributed by atoms with Crippen LogP contribution in [-0.4, -0.2) is 0 Å². The number of fused-ring (bicyclic) bond motifs is 7. The normalized spacial score (nSPS) is 17.0. The number of hydrogen-bond acceptors (Lipinski definition) is 1. The Morgan fingerprint density at radius 1 is 0.348 bits per heavy atom. The van der Waals surface area contributed by atoms with Crippen molar-refractivity contribution >= 4 is 17.1 Å². The van der Waals surface area contributed by atoms with Gasteiger partial charge in [0.2, 0.25) is 0 Å². The van der Waals surface area contributed by atoms with E-state index in [1.807, 2.05) is 0 Å². The fourth-order valence-corrected chi connectivity index (χ4v) is 8.80. The minimum absolute atomic E-state index is 0.00180. The average Bonchev–Trinajstić information content (AvgIpc) is 3.30. The van der Waals surface area contributed by atoms with E-state index in [2.05, 4.69) is 174 Å². The van der Waals surface area contributed by atoms with Gasteiger partial charge in [-0.3, -0.25) is 0 Å². The van der Waals surface area contributed by atoms with Crippen LogP contribution in [0.3, 0.4) is 0 Å². The molecular formula is C45H39N. The first-order valence-electron chi connectivity index (χ1n) is 16.6. The summed E-state index contributed by atoms with van der Waals surface area (Å²) < 4.78 is 0. The molecule has 2 aliphatic heterocycles. The summed E-state index contributed by atoms with van der Waals surface area (Å²) in [5.74, 6) is 0. The molecule has 1 heteroatoms. The van der Waals surface area contributed by atoms with Crippen molar-refractivity contribution in [2.45, 2.75) is 57.8 Å². The number of anilines is 3. The summed E-state index contributed by atoms with van der Waals surface area (Å²) in [5, 5.41) is 0. The molecule has 0 spiro atoms. The van der Waals surface area contributed by atoms with E-state index >= 15 is 0 Å². The van der Waals surface area contributed by atoms with Crippen molar-refractivity contribution in [3.05, 3.63) is 161 Å². The molecule has 0 N–H and O–H groups in total. The van der Waals surface area contributed by atoms with Crippen LogP contribution < -0.4 is 4.90 Å². The fraction of sp³-hybridized carbons (Fsp3) is 0.200. The molecule has 0 aromatic heterocycles. The Balaban J connectivity index is 1.12. The lowest BCUT2D eigenvalue weighted by Gasteiger charge is -2.49. The second-order valence-corrected chi connectivity index (χ2v) is 15.0. The Morgan fingerprint density at radius 2 is 0.804 bits per heavy atom. The maximum Gasteiger partial charge on any atom is 0.0543 e. The molecule has 3 aliphatic rings. The van der Waals surface area contributed by atoms with E-state index < -0.39 is 0 Å². The van der Waals surface area contributed by atoms with Gasteiger partial charge in [0.05, 0.1) is 17.1 Å². The second-order valence-electron chi connectivity index (χ2n) is 15.0. The first-order chi connectivity index (χ1) is 22.1. The van der Waals surface area contributed by atoms with Crippen molar-refractivity contribution in [1.29, 1.82) is 0 Å². The Labute approximate surface area is 273 Å². The number of nitrogens with zero attached hydrogens (tertiary/aromatic N) is 1. The maximum atomic E-state index is 2.53. The summed E-state index contributed by atoms with van der Waals surface area (Å²) in [7, 11) is 0. The monoisotopic (exact) mass is 593 g/mol. The minimum atomic E-state index is -0.135. The predicted molar refractivity (Wildman–Crippen MR) is 194 cm³/mol. The van der Waals surface area contributed by atoms with Crippen LogP contribution in [0.2, 0.25) is 0 Å². The molecule has 0 atom stereocenters. The largest absolute Gasteiger partial charge is 0.309 e. The van der Waals surface area contributed by atoms with Crippen LogP contribution in [0.5, 0.6) is 0 Å². The lowest BCUT2D eigenvalue weighted by molar-refractivity contribution is 0.597. The molecule has 0 amide bonds. The van der Waals surface area contributed by atoms with Gasteiger partial charge in [0.1, 0.15) is 0 Å². The standard InChI is InChI=1S/C45H39N/c1-43(2)34-13-8-7-12-32(34)33-24-22-30(26-38(33)43)28-18-20-29(21-19-28)31-23-25-41-39(27-31)45(5,6)37-16-11-15-36-42(37)46(41)40-17-10-9-14-35(40)44(36,3)4/h7-27H,1-6H3. The van der Waals surface area contributed by atoms with Gasteiger partial charge in [-0.2, -0.15) is 0 Å². The van der Waals surface area contributed by atoms with Crippen LogP contribution in [0.25, 0.3) is 33.4 Å². The van der Waals surface area contributed by atoms with Crippen LogP contribution in [0.1, 0.15) is 74.9 Å². The van der Waals surface area contributed by atoms with E-state index in [1.54, 1.807) is 0 Å². The van der Waals surface area contributed by atoms with Gasteiger partial charge >= 0.3 is 0 Å². The van der Waals surface area contributed by atoms with E-state index in [4.69, 9.17) is 0 Å². The Bertz CT molecular complexity index is 2230. The van der Waals surface area contributed by atoms with Gasteiger partial charge in [-0.25, -0.2) is 0 Å². The van der Waals surface area contributed by atoms with Crippen molar-refractivity contribution in [2.75, 3.05) is 4.90 Å². The second kappa shape index (κ2) is 9.10. The molecule has 9 rings (SSSR count). The average molecular weight is 594 g/mol. The molecule has 46 heavy (non-hydrogen) atoms. The zero-order valence-corrected chi connectivity index (χ0v) is 27.6. The van der Waals surface area contributed by atoms with Gasteiger partial charge < -0.3 is 4.90 Å². The molecule has 2 heterocycles. The molecule has 0 saturated carbocycles. The molecule has 0 fully saturated rings. The van der Waals surface area contributed by atoms with Gasteiger partial charge in [0.15, 0.2) is 0 Å². The number of para-hydroxylation sites is 2. The van der Waals surface area contributed by atoms with Crippen molar-refractivity contribution < 1.29 is 0 Å². The number of rotatable bonds is 2. The van der Waals surface area contributed by atoms with Crippen LogP contribution >= 0.6 is 0 Å². The van der Waals surface area contributed by atoms with E-state index in [0.29, 0.717) is 0 Å². The quantitative estimate of drug-likeness (QED) is 0.193. The van der Waals surface area contributed by atoms with E-state index in [0.717, 1.165) is 0 Å². The third kappa shape index (κ3) is 3.52. The summed E-state index contributed by atoms with van der Waals surface area (Å²) >= 11 is 0. The molecule has 0 bridgehead atoms. The molecule has 6 aromatic rings. The van der Waals surface area contributed by atoms with Crippen molar-refractivity contribution in [3.8, 4) is 33.4 Å². The zero-order valence-electron chi connectivity index (χ0n) is 27.6. The Hall–Kier alpha value is -4.88. The topological polar surface area (TPSA) is 3.24 Å². The number of hydrogen-bond donors (Lipinski definition) is 0. The summed E-state index contributed by atoms with van der Waals surface area (Å²) in [6, 6.07) is 48.1. The van der Waals surface area contributed by atoms with E-state index in [-0.39, 0.29) is 16.2 Å².